The SMILES string of the molecule is C=CC(=O)Oc1c(C)cc(C(c2cc(C(c3cc(C)c(OC(=O)C=C)c(C)c3C)c3cc(C)c(OC(=O)C=C)c(C)c3C)cc(C(c3cc(C)c(OC(=O)C=C)c(C)c3C)c3cc(C)c(OC(=O)C=C)c(C)c3C)c2)c2cc(C)c(OC(=O)C=C)c(C)c2C)c(C)c1C. The first kappa shape index (κ1) is 70.3. The fraction of sp³-hybridized carbons (Fsp3) is 0.259. The number of hydrogen-bond donors (Lipinski definition) is 0. The molecule has 480 valence electrons. The van der Waals surface area contributed by atoms with Gasteiger partial charge in [-0.3, -0.25) is 0 Å². The van der Waals surface area contributed by atoms with Crippen molar-refractivity contribution >= 4 is 35.8 Å². The Bertz CT molecular complexity index is 3690. The van der Waals surface area contributed by atoms with Gasteiger partial charge < -0.3 is 28.4 Å². The first-order valence-corrected chi connectivity index (χ1v) is 30.7. The van der Waals surface area contributed by atoms with Crippen molar-refractivity contribution in [2.75, 3.05) is 0 Å². The summed E-state index contributed by atoms with van der Waals surface area (Å²) in [6.07, 6.45) is 6.81. The molecule has 0 aliphatic rings. The van der Waals surface area contributed by atoms with Gasteiger partial charge in [0, 0.05) is 54.2 Å². The molecule has 0 saturated heterocycles. The predicted molar refractivity (Wildman–Crippen MR) is 368 cm³/mol. The molecule has 0 radical (unpaired) electrons. The molecule has 7 aromatic rings. The maximum atomic E-state index is 13.1. The number of aryl methyl sites for hydroxylation is 6. The van der Waals surface area contributed by atoms with Gasteiger partial charge in [0.25, 0.3) is 0 Å². The summed E-state index contributed by atoms with van der Waals surface area (Å²) >= 11 is 0. The molecular formula is C81H84O12. The molecule has 12 nitrogen and oxygen atoms in total. The minimum absolute atomic E-state index is 0.406. The maximum absolute atomic E-state index is 13.1. The van der Waals surface area contributed by atoms with Crippen molar-refractivity contribution in [3.63, 3.8) is 0 Å². The topological polar surface area (TPSA) is 158 Å². The molecule has 0 bridgehead atoms. The van der Waals surface area contributed by atoms with Crippen LogP contribution in [0.5, 0.6) is 34.5 Å². The smallest absolute Gasteiger partial charge is 0.335 e. The fourth-order valence-corrected chi connectivity index (χ4v) is 12.9. The second kappa shape index (κ2) is 28.5. The molecular weight excluding hydrogens is 1160 g/mol. The first-order chi connectivity index (χ1) is 43.8. The minimum atomic E-state index is -0.626. The van der Waals surface area contributed by atoms with Crippen LogP contribution in [0.3, 0.4) is 0 Å². The average molecular weight is 1250 g/mol. The second-order valence-electron chi connectivity index (χ2n) is 24.2. The van der Waals surface area contributed by atoms with Crippen LogP contribution in [0.25, 0.3) is 0 Å². The number of carbonyl (C=O) groups excluding carboxylic acids is 6. The third-order valence-corrected chi connectivity index (χ3v) is 18.5. The molecule has 0 fully saturated rings. The molecule has 0 amide bonds. The molecule has 0 saturated carbocycles. The molecule has 0 atom stereocenters. The van der Waals surface area contributed by atoms with E-state index in [4.69, 9.17) is 28.4 Å². The fourth-order valence-electron chi connectivity index (χ4n) is 12.9. The van der Waals surface area contributed by atoms with Crippen molar-refractivity contribution in [1.82, 2.24) is 0 Å². The molecule has 0 spiro atoms. The van der Waals surface area contributed by atoms with Gasteiger partial charge in [-0.1, -0.05) is 94.1 Å². The van der Waals surface area contributed by atoms with Crippen LogP contribution < -0.4 is 28.4 Å². The summed E-state index contributed by atoms with van der Waals surface area (Å²) in [6, 6.07) is 19.1. The van der Waals surface area contributed by atoms with E-state index in [1.165, 1.54) is 0 Å². The van der Waals surface area contributed by atoms with Crippen LogP contribution in [-0.2, 0) is 28.8 Å². The lowest BCUT2D eigenvalue weighted by atomic mass is 9.72. The van der Waals surface area contributed by atoms with Crippen LogP contribution in [-0.4, -0.2) is 35.8 Å². The molecule has 0 unspecified atom stereocenters. The molecule has 0 aliphatic heterocycles. The first-order valence-electron chi connectivity index (χ1n) is 30.7. The van der Waals surface area contributed by atoms with Gasteiger partial charge in [-0.2, -0.15) is 0 Å². The van der Waals surface area contributed by atoms with Crippen molar-refractivity contribution in [3.05, 3.63) is 281 Å². The van der Waals surface area contributed by atoms with Crippen molar-refractivity contribution < 1.29 is 57.2 Å². The van der Waals surface area contributed by atoms with Crippen molar-refractivity contribution in [1.29, 1.82) is 0 Å². The number of carbonyl (C=O) groups is 6. The maximum Gasteiger partial charge on any atom is 0.335 e. The lowest BCUT2D eigenvalue weighted by Gasteiger charge is -2.32. The third-order valence-electron chi connectivity index (χ3n) is 18.5. The average Bonchev–Trinajstić information content (AvgIpc) is 0.750. The molecule has 0 heterocycles. The highest BCUT2D eigenvalue weighted by Crippen LogP contribution is 2.51. The zero-order chi connectivity index (χ0) is 69.1. The van der Waals surface area contributed by atoms with E-state index in [-0.39, 0.29) is 0 Å². The van der Waals surface area contributed by atoms with Crippen molar-refractivity contribution in [2.45, 2.75) is 142 Å². The molecule has 12 heteroatoms. The Morgan fingerprint density at radius 2 is 0.366 bits per heavy atom. The third kappa shape index (κ3) is 13.9. The molecule has 7 aromatic carbocycles. The molecule has 0 aromatic heterocycles. The number of ether oxygens (including phenoxy) is 6. The van der Waals surface area contributed by atoms with E-state index in [1.807, 2.05) is 125 Å². The largest absolute Gasteiger partial charge is 0.423 e. The Labute approximate surface area is 548 Å². The van der Waals surface area contributed by atoms with Gasteiger partial charge in [0.15, 0.2) is 0 Å². The molecule has 93 heavy (non-hydrogen) atoms. The highest BCUT2D eigenvalue weighted by Gasteiger charge is 2.35. The lowest BCUT2D eigenvalue weighted by molar-refractivity contribution is -0.129. The van der Waals surface area contributed by atoms with Crippen LogP contribution >= 0.6 is 0 Å². The van der Waals surface area contributed by atoms with Crippen LogP contribution in [0.4, 0.5) is 0 Å². The Hall–Kier alpha value is -10.2. The highest BCUT2D eigenvalue weighted by molar-refractivity contribution is 5.87. The standard InChI is InChI=1S/C81H84O12/c1-25-67(82)88-76-40(7)31-61(46(13)52(76)19)73(62-32-41(8)77(53(20)47(62)14)89-68(83)26-2)58-37-59(74(63-33-42(9)78(54(21)48(63)15)90-69(84)27-3)64-34-43(10)79(55(22)49(64)16)91-70(85)28-4)39-60(38-58)75(65-35-44(11)80(56(23)50(65)17)92-71(86)29-5)66-36-45(12)81(57(24)51(66)18)93-72(87)30-6/h25-39,73-75H,1-6H2,7-24H3. The van der Waals surface area contributed by atoms with Crippen LogP contribution in [0.15, 0.2) is 131 Å². The molecule has 7 rings (SSSR count). The van der Waals surface area contributed by atoms with Gasteiger partial charge in [0.05, 0.1) is 0 Å². The quantitative estimate of drug-likeness (QED) is 0.0291. The Balaban J connectivity index is 1.84. The van der Waals surface area contributed by atoms with Crippen LogP contribution in [0.2, 0.25) is 0 Å². The minimum Gasteiger partial charge on any atom is -0.423 e. The van der Waals surface area contributed by atoms with Gasteiger partial charge in [0.1, 0.15) is 34.5 Å². The van der Waals surface area contributed by atoms with Crippen molar-refractivity contribution in [3.8, 4) is 34.5 Å². The van der Waals surface area contributed by atoms with Crippen LogP contribution in [0, 0.1) is 125 Å². The zero-order valence-corrected chi connectivity index (χ0v) is 57.0. The van der Waals surface area contributed by atoms with Gasteiger partial charge in [-0.05, 0) is 275 Å². The Morgan fingerprint density at radius 1 is 0.237 bits per heavy atom. The second-order valence-corrected chi connectivity index (χ2v) is 24.2. The van der Waals surface area contributed by atoms with Crippen LogP contribution in [0.1, 0.15) is 168 Å². The number of esters is 6. The summed E-state index contributed by atoms with van der Waals surface area (Å²) in [7, 11) is 0. The van der Waals surface area contributed by atoms with Gasteiger partial charge in [-0.25, -0.2) is 28.8 Å². The van der Waals surface area contributed by atoms with E-state index >= 15 is 0 Å². The normalized spacial score (nSPS) is 11.1. The highest BCUT2D eigenvalue weighted by atomic mass is 16.6. The monoisotopic (exact) mass is 1250 g/mol. The van der Waals surface area contributed by atoms with E-state index < -0.39 is 53.6 Å². The Kier molecular flexibility index (Phi) is 21.6. The summed E-state index contributed by atoms with van der Waals surface area (Å²) in [6.45, 7) is 57.3. The Morgan fingerprint density at radius 3 is 0.484 bits per heavy atom. The van der Waals surface area contributed by atoms with E-state index in [0.29, 0.717) is 67.9 Å². The number of hydrogen-bond acceptors (Lipinski definition) is 12. The van der Waals surface area contributed by atoms with Crippen molar-refractivity contribution in [2.24, 2.45) is 0 Å². The summed E-state index contributed by atoms with van der Waals surface area (Å²) in [5, 5.41) is 0. The van der Waals surface area contributed by atoms with Gasteiger partial charge in [-0.15, -0.1) is 0 Å². The van der Waals surface area contributed by atoms with E-state index in [1.54, 1.807) is 0 Å². The summed E-state index contributed by atoms with van der Waals surface area (Å²) in [4.78, 5) is 78.5. The van der Waals surface area contributed by atoms with E-state index in [9.17, 15) is 28.8 Å². The molecule has 0 aliphatic carbocycles. The van der Waals surface area contributed by atoms with Gasteiger partial charge in [0.2, 0.25) is 0 Å². The predicted octanol–water partition coefficient (Wildman–Crippen LogP) is 17.3. The summed E-state index contributed by atoms with van der Waals surface area (Å²) in [5.74, 6) is -3.07. The number of benzene rings is 7. The zero-order valence-electron chi connectivity index (χ0n) is 57.0. The van der Waals surface area contributed by atoms with E-state index in [0.717, 1.165) is 153 Å². The molecule has 0 N–H and O–H groups in total. The van der Waals surface area contributed by atoms with E-state index in [2.05, 4.69) is 94.1 Å². The summed E-state index contributed by atoms with van der Waals surface area (Å²) in [5.41, 5.74) is 21.4. The van der Waals surface area contributed by atoms with Gasteiger partial charge >= 0.3 is 35.8 Å². The number of rotatable bonds is 21. The lowest BCUT2D eigenvalue weighted by Crippen LogP contribution is -2.18. The summed E-state index contributed by atoms with van der Waals surface area (Å²) < 4.78 is 36.0.